The Morgan fingerprint density at radius 2 is 2.00 bits per heavy atom. The van der Waals surface area contributed by atoms with Crippen LogP contribution in [-0.2, 0) is 23.2 Å². The predicted molar refractivity (Wildman–Crippen MR) is 85.0 cm³/mol. The fourth-order valence-electron chi connectivity index (χ4n) is 1.66. The van der Waals surface area contributed by atoms with Gasteiger partial charge in [-0.2, -0.15) is 0 Å². The average Bonchev–Trinajstić information content (AvgIpc) is 2.88. The number of hydrogen-bond acceptors (Lipinski definition) is 5. The Kier molecular flexibility index (Phi) is 5.39. The summed E-state index contributed by atoms with van der Waals surface area (Å²) in [5, 5.41) is 9.06. The molecule has 0 amide bonds. The first kappa shape index (κ1) is 16.4. The lowest BCUT2D eigenvalue weighted by Crippen LogP contribution is -2.23. The van der Waals surface area contributed by atoms with Crippen molar-refractivity contribution in [2.75, 3.05) is 7.11 Å². The van der Waals surface area contributed by atoms with Gasteiger partial charge in [0.25, 0.3) is 0 Å². The van der Waals surface area contributed by atoms with Gasteiger partial charge in [-0.25, -0.2) is 13.1 Å². The molecule has 2 N–H and O–H groups in total. The van der Waals surface area contributed by atoms with E-state index in [1.165, 1.54) is 17.4 Å². The Labute approximate surface area is 135 Å². The van der Waals surface area contributed by atoms with Gasteiger partial charge in [-0.3, -0.25) is 0 Å². The van der Waals surface area contributed by atoms with Crippen LogP contribution >= 0.6 is 27.3 Å². The second-order valence-corrected chi connectivity index (χ2v) is 8.37. The Morgan fingerprint density at radius 1 is 1.33 bits per heavy atom. The molecule has 1 heterocycles. The third-order valence-corrected chi connectivity index (χ3v) is 6.42. The monoisotopic (exact) mass is 391 g/mol. The van der Waals surface area contributed by atoms with E-state index in [2.05, 4.69) is 20.7 Å². The highest BCUT2D eigenvalue weighted by Gasteiger charge is 2.20. The summed E-state index contributed by atoms with van der Waals surface area (Å²) in [6.07, 6.45) is 0. The molecule has 0 atom stereocenters. The molecule has 0 aliphatic carbocycles. The van der Waals surface area contributed by atoms with Crippen molar-refractivity contribution in [1.82, 2.24) is 4.72 Å². The van der Waals surface area contributed by atoms with Crippen molar-refractivity contribution < 1.29 is 18.3 Å². The highest BCUT2D eigenvalue weighted by Crippen LogP contribution is 2.31. The van der Waals surface area contributed by atoms with E-state index in [-0.39, 0.29) is 18.0 Å². The normalized spacial score (nSPS) is 11.6. The van der Waals surface area contributed by atoms with Crippen molar-refractivity contribution in [3.63, 3.8) is 0 Å². The number of aliphatic hydroxyl groups excluding tert-OH is 1. The van der Waals surface area contributed by atoms with Crippen LogP contribution < -0.4 is 9.46 Å². The van der Waals surface area contributed by atoms with Crippen LogP contribution in [0.1, 0.15) is 10.4 Å². The van der Waals surface area contributed by atoms with Gasteiger partial charge in [0.05, 0.1) is 17.5 Å². The van der Waals surface area contributed by atoms with Gasteiger partial charge in [-0.1, -0.05) is 12.1 Å². The number of thiophene rings is 1. The maximum atomic E-state index is 12.2. The van der Waals surface area contributed by atoms with Crippen LogP contribution in [0.15, 0.2) is 39.0 Å². The Bertz CT molecular complexity index is 710. The molecule has 0 spiro atoms. The van der Waals surface area contributed by atoms with Gasteiger partial charge < -0.3 is 9.84 Å². The van der Waals surface area contributed by atoms with Crippen LogP contribution in [0.5, 0.6) is 5.75 Å². The zero-order valence-corrected chi connectivity index (χ0v) is 14.4. The van der Waals surface area contributed by atoms with Crippen LogP contribution in [0, 0.1) is 0 Å². The summed E-state index contributed by atoms with van der Waals surface area (Å²) in [7, 11) is -2.05. The molecule has 1 aromatic carbocycles. The summed E-state index contributed by atoms with van der Waals surface area (Å²) in [5.41, 5.74) is 0.827. The van der Waals surface area contributed by atoms with E-state index >= 15 is 0 Å². The summed E-state index contributed by atoms with van der Waals surface area (Å²) >= 11 is 4.41. The standard InChI is InChI=1S/C13H14BrNO4S2/c1-19-10-4-2-9(3-5-10)7-15-21(17,18)12-6-11(8-16)20-13(12)14/h2-6,15-16H,7-8H2,1H3. The molecule has 1 aromatic heterocycles. The van der Waals surface area contributed by atoms with Gasteiger partial charge >= 0.3 is 0 Å². The third-order valence-electron chi connectivity index (χ3n) is 2.78. The first-order valence-electron chi connectivity index (χ1n) is 5.98. The van der Waals surface area contributed by atoms with Crippen molar-refractivity contribution in [3.05, 3.63) is 44.6 Å². The van der Waals surface area contributed by atoms with Crippen LogP contribution in [0.25, 0.3) is 0 Å². The zero-order chi connectivity index (χ0) is 15.5. The Balaban J connectivity index is 2.11. The second-order valence-electron chi connectivity index (χ2n) is 4.18. The van der Waals surface area contributed by atoms with Crippen molar-refractivity contribution >= 4 is 37.3 Å². The van der Waals surface area contributed by atoms with Gasteiger partial charge in [0.1, 0.15) is 10.6 Å². The molecule has 0 saturated carbocycles. The van der Waals surface area contributed by atoms with E-state index in [0.717, 1.165) is 11.3 Å². The fourth-order valence-corrected chi connectivity index (χ4v) is 5.22. The summed E-state index contributed by atoms with van der Waals surface area (Å²) < 4.78 is 32.5. The van der Waals surface area contributed by atoms with E-state index < -0.39 is 10.0 Å². The largest absolute Gasteiger partial charge is 0.497 e. The molecular weight excluding hydrogens is 378 g/mol. The molecule has 0 unspecified atom stereocenters. The van der Waals surface area contributed by atoms with Crippen molar-refractivity contribution in [3.8, 4) is 5.75 Å². The summed E-state index contributed by atoms with van der Waals surface area (Å²) in [6.45, 7) is 0.000336. The smallest absolute Gasteiger partial charge is 0.242 e. The molecule has 0 radical (unpaired) electrons. The van der Waals surface area contributed by atoms with Crippen LogP contribution in [-0.4, -0.2) is 20.6 Å². The fraction of sp³-hybridized carbons (Fsp3) is 0.231. The molecule has 2 rings (SSSR count). The minimum Gasteiger partial charge on any atom is -0.497 e. The predicted octanol–water partition coefficient (Wildman–Crippen LogP) is 2.49. The number of hydrogen-bond donors (Lipinski definition) is 2. The molecule has 2 aromatic rings. The molecule has 0 fully saturated rings. The molecule has 0 bridgehead atoms. The van der Waals surface area contributed by atoms with E-state index in [1.54, 1.807) is 31.4 Å². The molecule has 0 aliphatic heterocycles. The summed E-state index contributed by atoms with van der Waals surface area (Å²) in [4.78, 5) is 0.733. The summed E-state index contributed by atoms with van der Waals surface area (Å²) in [6, 6.07) is 8.60. The lowest BCUT2D eigenvalue weighted by Gasteiger charge is -2.06. The van der Waals surface area contributed by atoms with Crippen LogP contribution in [0.2, 0.25) is 0 Å². The lowest BCUT2D eigenvalue weighted by molar-refractivity contribution is 0.285. The van der Waals surface area contributed by atoms with Gasteiger partial charge in [-0.15, -0.1) is 11.3 Å². The number of benzene rings is 1. The molecule has 21 heavy (non-hydrogen) atoms. The van der Waals surface area contributed by atoms with Gasteiger partial charge in [0.15, 0.2) is 0 Å². The van der Waals surface area contributed by atoms with Crippen LogP contribution in [0.3, 0.4) is 0 Å². The number of nitrogens with one attached hydrogen (secondary N) is 1. The number of methoxy groups -OCH3 is 1. The van der Waals surface area contributed by atoms with E-state index in [1.807, 2.05) is 0 Å². The second kappa shape index (κ2) is 6.89. The van der Waals surface area contributed by atoms with Crippen molar-refractivity contribution in [2.45, 2.75) is 18.0 Å². The number of sulfonamides is 1. The summed E-state index contributed by atoms with van der Waals surface area (Å²) in [5.74, 6) is 0.717. The maximum Gasteiger partial charge on any atom is 0.242 e. The number of ether oxygens (including phenoxy) is 1. The first-order valence-corrected chi connectivity index (χ1v) is 9.07. The topological polar surface area (TPSA) is 75.6 Å². The Morgan fingerprint density at radius 3 is 2.52 bits per heavy atom. The third kappa shape index (κ3) is 4.04. The van der Waals surface area contributed by atoms with E-state index in [9.17, 15) is 8.42 Å². The maximum absolute atomic E-state index is 12.2. The quantitative estimate of drug-likeness (QED) is 0.792. The number of aliphatic hydroxyl groups is 1. The first-order chi connectivity index (χ1) is 9.96. The molecule has 8 heteroatoms. The average molecular weight is 392 g/mol. The van der Waals surface area contributed by atoms with Gasteiger partial charge in [-0.05, 0) is 39.7 Å². The molecule has 114 valence electrons. The van der Waals surface area contributed by atoms with Crippen LogP contribution in [0.4, 0.5) is 0 Å². The molecule has 0 saturated heterocycles. The molecule has 5 nitrogen and oxygen atoms in total. The van der Waals surface area contributed by atoms with Crippen molar-refractivity contribution in [1.29, 1.82) is 0 Å². The molecular formula is C13H14BrNO4S2. The Hall–Kier alpha value is -0.930. The lowest BCUT2D eigenvalue weighted by atomic mass is 10.2. The van der Waals surface area contributed by atoms with E-state index in [0.29, 0.717) is 8.66 Å². The van der Waals surface area contributed by atoms with E-state index in [4.69, 9.17) is 9.84 Å². The highest BCUT2D eigenvalue weighted by atomic mass is 79.9. The zero-order valence-electron chi connectivity index (χ0n) is 11.2. The minimum atomic E-state index is -3.62. The van der Waals surface area contributed by atoms with Gasteiger partial charge in [0, 0.05) is 11.4 Å². The number of rotatable bonds is 6. The van der Waals surface area contributed by atoms with Crippen molar-refractivity contribution in [2.24, 2.45) is 0 Å². The SMILES string of the molecule is COc1ccc(CNS(=O)(=O)c2cc(CO)sc2Br)cc1. The van der Waals surface area contributed by atoms with Gasteiger partial charge in [0.2, 0.25) is 10.0 Å². The molecule has 0 aliphatic rings. The minimum absolute atomic E-state index is 0.144. The highest BCUT2D eigenvalue weighted by molar-refractivity contribution is 9.11. The number of halogens is 1.